The first-order valence-electron chi connectivity index (χ1n) is 14.0. The number of hydrogen-bond donors (Lipinski definition) is 2. The van der Waals surface area contributed by atoms with Crippen molar-refractivity contribution in [2.45, 2.75) is 54.5 Å². The third-order valence-electron chi connectivity index (χ3n) is 7.00. The highest BCUT2D eigenvalue weighted by Crippen LogP contribution is 2.28. The summed E-state index contributed by atoms with van der Waals surface area (Å²) in [6.07, 6.45) is 1.70. The van der Waals surface area contributed by atoms with Gasteiger partial charge in [-0.3, -0.25) is 19.5 Å². The minimum Gasteiger partial charge on any atom is -0.345 e. The predicted molar refractivity (Wildman–Crippen MR) is 172 cm³/mol. The van der Waals surface area contributed by atoms with Crippen molar-refractivity contribution in [2.75, 3.05) is 29.9 Å². The van der Waals surface area contributed by atoms with Gasteiger partial charge in [-0.15, -0.1) is 20.4 Å². The van der Waals surface area contributed by atoms with Gasteiger partial charge in [0.05, 0.1) is 22.9 Å². The van der Waals surface area contributed by atoms with Gasteiger partial charge in [0.15, 0.2) is 15.3 Å². The summed E-state index contributed by atoms with van der Waals surface area (Å²) in [6.45, 7) is 7.11. The first kappa shape index (κ1) is 32.1. The molecule has 12 nitrogen and oxygen atoms in total. The SMILES string of the molecule is CCSc1nnc(NC(=O)CSc2nnc(CNC(=O)c3ccc(S(=O)(=O)N4CCCC4)cc3)n2-c2cccc(C)c2C)s1. The number of thioether (sulfide) groups is 2. The second-order valence-electron chi connectivity index (χ2n) is 9.91. The van der Waals surface area contributed by atoms with Crippen molar-refractivity contribution in [1.82, 2.24) is 34.6 Å². The van der Waals surface area contributed by atoms with Gasteiger partial charge in [-0.2, -0.15) is 4.31 Å². The van der Waals surface area contributed by atoms with Gasteiger partial charge in [0.1, 0.15) is 0 Å². The highest BCUT2D eigenvalue weighted by Gasteiger charge is 2.27. The maximum absolute atomic E-state index is 13.0. The lowest BCUT2D eigenvalue weighted by atomic mass is 10.1. The van der Waals surface area contributed by atoms with Crippen LogP contribution in [0.4, 0.5) is 5.13 Å². The van der Waals surface area contributed by atoms with Crippen LogP contribution in [-0.2, 0) is 21.4 Å². The van der Waals surface area contributed by atoms with E-state index in [2.05, 4.69) is 31.0 Å². The molecule has 3 heterocycles. The number of carbonyl (C=O) groups excluding carboxylic acids is 2. The van der Waals surface area contributed by atoms with E-state index in [0.29, 0.717) is 34.8 Å². The molecule has 4 aromatic rings. The minimum atomic E-state index is -3.57. The van der Waals surface area contributed by atoms with Gasteiger partial charge in [-0.1, -0.05) is 53.9 Å². The zero-order valence-corrected chi connectivity index (χ0v) is 27.7. The number of nitrogens with one attached hydrogen (secondary N) is 2. The molecular weight excluding hydrogens is 641 g/mol. The lowest BCUT2D eigenvalue weighted by molar-refractivity contribution is -0.113. The second-order valence-corrected chi connectivity index (χ2v) is 15.3. The summed E-state index contributed by atoms with van der Waals surface area (Å²) in [5.74, 6) is 0.785. The Bertz CT molecular complexity index is 1750. The summed E-state index contributed by atoms with van der Waals surface area (Å²) in [5.41, 5.74) is 3.24. The topological polar surface area (TPSA) is 152 Å². The Morgan fingerprint density at radius 3 is 2.45 bits per heavy atom. The van der Waals surface area contributed by atoms with Crippen LogP contribution in [0, 0.1) is 13.8 Å². The lowest BCUT2D eigenvalue weighted by Crippen LogP contribution is -2.28. The van der Waals surface area contributed by atoms with Crippen LogP contribution in [0.2, 0.25) is 0 Å². The van der Waals surface area contributed by atoms with E-state index in [0.717, 1.165) is 39.7 Å². The van der Waals surface area contributed by atoms with Crippen LogP contribution in [-0.4, -0.2) is 74.1 Å². The Morgan fingerprint density at radius 2 is 1.73 bits per heavy atom. The van der Waals surface area contributed by atoms with Crippen LogP contribution >= 0.6 is 34.9 Å². The summed E-state index contributed by atoms with van der Waals surface area (Å²) in [6, 6.07) is 11.8. The van der Waals surface area contributed by atoms with Crippen molar-refractivity contribution >= 4 is 61.8 Å². The minimum absolute atomic E-state index is 0.0580. The molecule has 2 aromatic heterocycles. The molecule has 1 aliphatic heterocycles. The number of hydrogen-bond acceptors (Lipinski definition) is 11. The molecule has 16 heteroatoms. The van der Waals surface area contributed by atoms with E-state index in [1.54, 1.807) is 11.8 Å². The summed E-state index contributed by atoms with van der Waals surface area (Å²) >= 11 is 4.11. The summed E-state index contributed by atoms with van der Waals surface area (Å²) < 4.78 is 29.8. The van der Waals surface area contributed by atoms with Crippen molar-refractivity contribution in [2.24, 2.45) is 0 Å². The Hall–Kier alpha value is -3.31. The van der Waals surface area contributed by atoms with Gasteiger partial charge >= 0.3 is 0 Å². The van der Waals surface area contributed by atoms with E-state index in [-0.39, 0.29) is 29.0 Å². The number of nitrogens with zero attached hydrogens (tertiary/aromatic N) is 6. The average molecular weight is 673 g/mol. The van der Waals surface area contributed by atoms with E-state index < -0.39 is 10.0 Å². The van der Waals surface area contributed by atoms with E-state index >= 15 is 0 Å². The van der Waals surface area contributed by atoms with Crippen LogP contribution < -0.4 is 10.6 Å². The molecule has 2 aromatic carbocycles. The zero-order valence-electron chi connectivity index (χ0n) is 24.4. The number of rotatable bonds is 12. The first-order chi connectivity index (χ1) is 21.2. The average Bonchev–Trinajstić information content (AvgIpc) is 3.79. The van der Waals surface area contributed by atoms with Gasteiger partial charge < -0.3 is 5.32 Å². The lowest BCUT2D eigenvalue weighted by Gasteiger charge is -2.16. The van der Waals surface area contributed by atoms with Crippen LogP contribution in [0.1, 0.15) is 47.1 Å². The zero-order chi connectivity index (χ0) is 31.3. The Kier molecular flexibility index (Phi) is 10.4. The van der Waals surface area contributed by atoms with Crippen molar-refractivity contribution < 1.29 is 18.0 Å². The van der Waals surface area contributed by atoms with Crippen molar-refractivity contribution in [3.63, 3.8) is 0 Å². The first-order valence-corrected chi connectivity index (χ1v) is 18.2. The van der Waals surface area contributed by atoms with Crippen molar-refractivity contribution in [3.8, 4) is 5.69 Å². The maximum Gasteiger partial charge on any atom is 0.251 e. The fourth-order valence-electron chi connectivity index (χ4n) is 4.57. The molecule has 2 amide bonds. The molecule has 0 bridgehead atoms. The molecule has 5 rings (SSSR count). The maximum atomic E-state index is 13.0. The largest absolute Gasteiger partial charge is 0.345 e. The number of carbonyl (C=O) groups is 2. The van der Waals surface area contributed by atoms with Crippen molar-refractivity contribution in [3.05, 3.63) is 65.0 Å². The van der Waals surface area contributed by atoms with Gasteiger partial charge in [-0.05, 0) is 73.9 Å². The number of aromatic nitrogens is 5. The number of anilines is 1. The van der Waals surface area contributed by atoms with Gasteiger partial charge in [0, 0.05) is 18.7 Å². The molecule has 1 aliphatic rings. The molecule has 2 N–H and O–H groups in total. The highest BCUT2D eigenvalue weighted by molar-refractivity contribution is 8.01. The third kappa shape index (κ3) is 7.31. The summed E-state index contributed by atoms with van der Waals surface area (Å²) in [4.78, 5) is 25.9. The Morgan fingerprint density at radius 1 is 0.977 bits per heavy atom. The Balaban J connectivity index is 1.29. The monoisotopic (exact) mass is 672 g/mol. The number of aryl methyl sites for hydroxylation is 1. The van der Waals surface area contributed by atoms with E-state index in [4.69, 9.17) is 0 Å². The van der Waals surface area contributed by atoms with Crippen molar-refractivity contribution in [1.29, 1.82) is 0 Å². The highest BCUT2D eigenvalue weighted by atomic mass is 32.2. The number of benzene rings is 2. The molecule has 0 spiro atoms. The summed E-state index contributed by atoms with van der Waals surface area (Å²) in [7, 11) is -3.57. The Labute approximate surface area is 268 Å². The fourth-order valence-corrected chi connectivity index (χ4v) is 8.52. The van der Waals surface area contributed by atoms with Crippen LogP contribution in [0.5, 0.6) is 0 Å². The molecule has 44 heavy (non-hydrogen) atoms. The van der Waals surface area contributed by atoms with Crippen LogP contribution in [0.25, 0.3) is 5.69 Å². The molecule has 1 saturated heterocycles. The standard InChI is InChI=1S/C28H32N8O4S4/c1-4-41-28-34-32-26(43-28)30-24(37)17-42-27-33-31-23(36(27)22-9-7-8-18(2)19(22)3)16-29-25(38)20-10-12-21(13-11-20)44(39,40)35-14-5-6-15-35/h7-13H,4-6,14-17H2,1-3H3,(H,29,38)(H,30,32,37). The quantitative estimate of drug-likeness (QED) is 0.165. The smallest absolute Gasteiger partial charge is 0.251 e. The number of amides is 2. The summed E-state index contributed by atoms with van der Waals surface area (Å²) in [5, 5.41) is 23.4. The molecule has 0 saturated carbocycles. The van der Waals surface area contributed by atoms with Gasteiger partial charge in [0.25, 0.3) is 5.91 Å². The van der Waals surface area contributed by atoms with Gasteiger partial charge in [-0.25, -0.2) is 8.42 Å². The third-order valence-corrected chi connectivity index (χ3v) is 11.7. The second kappa shape index (κ2) is 14.2. The molecule has 0 unspecified atom stereocenters. The normalized spacial score (nSPS) is 13.7. The van der Waals surface area contributed by atoms with E-state index in [1.807, 2.05) is 43.5 Å². The van der Waals surface area contributed by atoms with Crippen LogP contribution in [0.3, 0.4) is 0 Å². The van der Waals surface area contributed by atoms with Crippen LogP contribution in [0.15, 0.2) is 56.9 Å². The molecule has 0 atom stereocenters. The molecule has 0 aliphatic carbocycles. The molecule has 0 radical (unpaired) electrons. The van der Waals surface area contributed by atoms with E-state index in [1.165, 1.54) is 51.7 Å². The fraction of sp³-hybridized carbons (Fsp3) is 0.357. The number of sulfonamides is 1. The van der Waals surface area contributed by atoms with E-state index in [9.17, 15) is 18.0 Å². The molecule has 1 fully saturated rings. The molecule has 232 valence electrons. The molecular formula is C28H32N8O4S4. The van der Waals surface area contributed by atoms with Gasteiger partial charge in [0.2, 0.25) is 21.1 Å². The predicted octanol–water partition coefficient (Wildman–Crippen LogP) is 4.29.